The van der Waals surface area contributed by atoms with Crippen molar-refractivity contribution >= 4 is 6.08 Å². The molecule has 0 N–H and O–H groups in total. The summed E-state index contributed by atoms with van der Waals surface area (Å²) in [5, 5.41) is 0. The summed E-state index contributed by atoms with van der Waals surface area (Å²) in [6.07, 6.45) is 1.77. The van der Waals surface area contributed by atoms with Crippen molar-refractivity contribution in [1.29, 1.82) is 0 Å². The molecule has 0 saturated heterocycles. The molecule has 0 atom stereocenters. The molecule has 21 heavy (non-hydrogen) atoms. The highest BCUT2D eigenvalue weighted by molar-refractivity contribution is 5.55. The lowest BCUT2D eigenvalue weighted by Gasteiger charge is -2.27. The first-order valence-corrected chi connectivity index (χ1v) is 7.39. The largest absolute Gasteiger partial charge is 0.573 e. The van der Waals surface area contributed by atoms with Gasteiger partial charge in [0, 0.05) is 0 Å². The van der Waals surface area contributed by atoms with Gasteiger partial charge < -0.3 is 4.74 Å². The Hall–Kier alpha value is -1.45. The van der Waals surface area contributed by atoms with Crippen LogP contribution in [0.25, 0.3) is 6.08 Å². The van der Waals surface area contributed by atoms with Gasteiger partial charge >= 0.3 is 6.36 Å². The number of halogens is 3. The quantitative estimate of drug-likeness (QED) is 0.683. The second kappa shape index (κ2) is 6.54. The summed E-state index contributed by atoms with van der Waals surface area (Å²) in [5.74, 6) is 1.31. The van der Waals surface area contributed by atoms with Gasteiger partial charge in [0.25, 0.3) is 0 Å². The Kier molecular flexibility index (Phi) is 4.96. The lowest BCUT2D eigenvalue weighted by atomic mass is 9.79. The van der Waals surface area contributed by atoms with Gasteiger partial charge in [-0.3, -0.25) is 0 Å². The summed E-state index contributed by atoms with van der Waals surface area (Å²) in [6.45, 7) is 4.49. The normalized spacial score (nSPS) is 19.7. The van der Waals surface area contributed by atoms with E-state index in [1.165, 1.54) is 30.5 Å². The molecule has 1 aromatic carbocycles. The summed E-state index contributed by atoms with van der Waals surface area (Å²) < 4.78 is 40.6. The maximum Gasteiger partial charge on any atom is 0.573 e. The predicted molar refractivity (Wildman–Crippen MR) is 77.9 cm³/mol. The summed E-state index contributed by atoms with van der Waals surface area (Å²) in [4.78, 5) is 0. The molecule has 0 amide bonds. The van der Waals surface area contributed by atoms with E-state index < -0.39 is 6.36 Å². The lowest BCUT2D eigenvalue weighted by Crippen LogP contribution is -2.17. The molecular formula is C17H21F3O. The third kappa shape index (κ3) is 5.10. The molecule has 4 heteroatoms. The van der Waals surface area contributed by atoms with Crippen molar-refractivity contribution in [3.05, 3.63) is 35.4 Å². The van der Waals surface area contributed by atoms with E-state index in [4.69, 9.17) is 0 Å². The average molecular weight is 298 g/mol. The van der Waals surface area contributed by atoms with Crippen molar-refractivity contribution in [3.63, 3.8) is 0 Å². The SMILES string of the molecule is CC(C)C1CCC(=Cc2cccc(OC(F)(F)F)c2)CC1. The highest BCUT2D eigenvalue weighted by Crippen LogP contribution is 2.34. The van der Waals surface area contributed by atoms with Crippen LogP contribution in [0.5, 0.6) is 5.75 Å². The van der Waals surface area contributed by atoms with Crippen LogP contribution in [0.1, 0.15) is 45.1 Å². The van der Waals surface area contributed by atoms with E-state index in [9.17, 15) is 13.2 Å². The zero-order valence-corrected chi connectivity index (χ0v) is 12.4. The summed E-state index contributed by atoms with van der Waals surface area (Å²) in [5.41, 5.74) is 2.09. The minimum atomic E-state index is -4.64. The number of alkyl halides is 3. The van der Waals surface area contributed by atoms with E-state index in [1.807, 2.05) is 12.1 Å². The predicted octanol–water partition coefficient (Wildman–Crippen LogP) is 5.81. The monoisotopic (exact) mass is 298 g/mol. The van der Waals surface area contributed by atoms with Crippen LogP contribution in [0, 0.1) is 11.8 Å². The van der Waals surface area contributed by atoms with Gasteiger partial charge in [0.05, 0.1) is 0 Å². The summed E-state index contributed by atoms with van der Waals surface area (Å²) in [7, 11) is 0. The van der Waals surface area contributed by atoms with E-state index >= 15 is 0 Å². The molecule has 1 nitrogen and oxygen atoms in total. The molecule has 1 fully saturated rings. The standard InChI is InChI=1S/C17H21F3O/c1-12(2)15-8-6-13(7-9-15)10-14-4-3-5-16(11-14)21-17(18,19)20/h3-5,10-12,15H,6-9H2,1-2H3. The zero-order chi connectivity index (χ0) is 15.5. The second-order valence-electron chi connectivity index (χ2n) is 6.00. The number of benzene rings is 1. The molecule has 0 radical (unpaired) electrons. The molecule has 0 aromatic heterocycles. The molecule has 0 aliphatic heterocycles. The van der Waals surface area contributed by atoms with E-state index in [2.05, 4.69) is 18.6 Å². The molecule has 0 spiro atoms. The van der Waals surface area contributed by atoms with Gasteiger partial charge in [-0.05, 0) is 55.2 Å². The van der Waals surface area contributed by atoms with Crippen molar-refractivity contribution in [3.8, 4) is 5.75 Å². The maximum absolute atomic E-state index is 12.2. The van der Waals surface area contributed by atoms with E-state index in [1.54, 1.807) is 6.07 Å². The average Bonchev–Trinajstić information content (AvgIpc) is 2.37. The number of rotatable bonds is 3. The van der Waals surface area contributed by atoms with Crippen molar-refractivity contribution < 1.29 is 17.9 Å². The molecular weight excluding hydrogens is 277 g/mol. The molecule has 0 heterocycles. The minimum absolute atomic E-state index is 0.160. The molecule has 0 bridgehead atoms. The zero-order valence-electron chi connectivity index (χ0n) is 12.4. The number of allylic oxidation sites excluding steroid dienone is 1. The van der Waals surface area contributed by atoms with Gasteiger partial charge in [0.15, 0.2) is 0 Å². The van der Waals surface area contributed by atoms with E-state index in [-0.39, 0.29) is 5.75 Å². The molecule has 2 rings (SSSR count). The Morgan fingerprint density at radius 3 is 2.43 bits per heavy atom. The van der Waals surface area contributed by atoms with Crippen molar-refractivity contribution in [2.24, 2.45) is 11.8 Å². The van der Waals surface area contributed by atoms with Crippen LogP contribution in [0.4, 0.5) is 13.2 Å². The lowest BCUT2D eigenvalue weighted by molar-refractivity contribution is -0.274. The van der Waals surface area contributed by atoms with Gasteiger partial charge in [0.1, 0.15) is 5.75 Å². The summed E-state index contributed by atoms with van der Waals surface area (Å²) >= 11 is 0. The fraction of sp³-hybridized carbons (Fsp3) is 0.529. The Morgan fingerprint density at radius 2 is 1.86 bits per heavy atom. The van der Waals surface area contributed by atoms with Crippen LogP contribution in [-0.2, 0) is 0 Å². The first-order chi connectivity index (χ1) is 9.83. The highest BCUT2D eigenvalue weighted by atomic mass is 19.4. The van der Waals surface area contributed by atoms with Gasteiger partial charge in [0.2, 0.25) is 0 Å². The van der Waals surface area contributed by atoms with Gasteiger partial charge in [-0.15, -0.1) is 13.2 Å². The first-order valence-electron chi connectivity index (χ1n) is 7.39. The first kappa shape index (κ1) is 15.9. The fourth-order valence-corrected chi connectivity index (χ4v) is 2.86. The maximum atomic E-state index is 12.2. The van der Waals surface area contributed by atoms with Gasteiger partial charge in [-0.25, -0.2) is 0 Å². The van der Waals surface area contributed by atoms with Crippen LogP contribution in [0.3, 0.4) is 0 Å². The van der Waals surface area contributed by atoms with Crippen LogP contribution in [0.2, 0.25) is 0 Å². The Bertz CT molecular complexity index is 493. The number of hydrogen-bond donors (Lipinski definition) is 0. The molecule has 1 saturated carbocycles. The smallest absolute Gasteiger partial charge is 0.406 e. The molecule has 1 aromatic rings. The van der Waals surface area contributed by atoms with Crippen LogP contribution < -0.4 is 4.74 Å². The van der Waals surface area contributed by atoms with Crippen molar-refractivity contribution in [2.45, 2.75) is 45.9 Å². The Balaban J connectivity index is 2.03. The third-order valence-electron chi connectivity index (χ3n) is 4.08. The van der Waals surface area contributed by atoms with Crippen molar-refractivity contribution in [2.75, 3.05) is 0 Å². The number of ether oxygens (including phenoxy) is 1. The highest BCUT2D eigenvalue weighted by Gasteiger charge is 2.31. The second-order valence-corrected chi connectivity index (χ2v) is 6.00. The molecule has 1 aliphatic carbocycles. The van der Waals surface area contributed by atoms with Crippen LogP contribution >= 0.6 is 0 Å². The molecule has 0 unspecified atom stereocenters. The Morgan fingerprint density at radius 1 is 1.19 bits per heavy atom. The third-order valence-corrected chi connectivity index (χ3v) is 4.08. The molecule has 116 valence electrons. The van der Waals surface area contributed by atoms with Crippen LogP contribution in [0.15, 0.2) is 29.8 Å². The minimum Gasteiger partial charge on any atom is -0.406 e. The number of hydrogen-bond acceptors (Lipinski definition) is 1. The topological polar surface area (TPSA) is 9.23 Å². The van der Waals surface area contributed by atoms with Crippen LogP contribution in [-0.4, -0.2) is 6.36 Å². The van der Waals surface area contributed by atoms with E-state index in [0.29, 0.717) is 5.92 Å². The molecule has 1 aliphatic rings. The van der Waals surface area contributed by atoms with Crippen molar-refractivity contribution in [1.82, 2.24) is 0 Å². The Labute approximate surface area is 123 Å². The summed E-state index contributed by atoms with van der Waals surface area (Å²) in [6, 6.07) is 6.16. The van der Waals surface area contributed by atoms with Gasteiger partial charge in [-0.2, -0.15) is 0 Å². The fourth-order valence-electron chi connectivity index (χ4n) is 2.86. The van der Waals surface area contributed by atoms with Gasteiger partial charge in [-0.1, -0.05) is 37.6 Å². The van der Waals surface area contributed by atoms with E-state index in [0.717, 1.165) is 24.3 Å².